The Kier molecular flexibility index (Phi) is 7.77. The first-order chi connectivity index (χ1) is 14.9. The minimum absolute atomic E-state index is 0.0203. The molecule has 0 aliphatic heterocycles. The molecule has 0 spiro atoms. The van der Waals surface area contributed by atoms with Gasteiger partial charge in [-0.25, -0.2) is 9.97 Å². The van der Waals surface area contributed by atoms with Gasteiger partial charge in [0.05, 0.1) is 5.69 Å². The fourth-order valence-corrected chi connectivity index (χ4v) is 3.67. The Morgan fingerprint density at radius 2 is 1.87 bits per heavy atom. The second-order valence-corrected chi connectivity index (χ2v) is 8.39. The average molecular weight is 438 g/mol. The molecule has 0 fully saturated rings. The molecule has 6 heteroatoms. The second-order valence-electron chi connectivity index (χ2n) is 7.98. The first-order valence-electron chi connectivity index (χ1n) is 10.5. The largest absolute Gasteiger partial charge is 0.396 e. The number of Topliss-reactive ketones (excluding diaryl/α,β-unsaturated/α-hetero) is 1. The van der Waals surface area contributed by atoms with E-state index in [1.54, 1.807) is 0 Å². The lowest BCUT2D eigenvalue weighted by Gasteiger charge is -2.10. The lowest BCUT2D eigenvalue weighted by Crippen LogP contribution is -2.09. The van der Waals surface area contributed by atoms with Crippen LogP contribution in [0.25, 0.3) is 11.3 Å². The van der Waals surface area contributed by atoms with E-state index >= 15 is 0 Å². The quantitative estimate of drug-likeness (QED) is 0.456. The molecule has 0 aliphatic carbocycles. The van der Waals surface area contributed by atoms with Crippen molar-refractivity contribution in [3.8, 4) is 11.3 Å². The molecule has 0 bridgehead atoms. The minimum atomic E-state index is -0.0203. The summed E-state index contributed by atoms with van der Waals surface area (Å²) in [7, 11) is 0. The fraction of sp³-hybridized carbons (Fsp3) is 0.320. The van der Waals surface area contributed by atoms with Crippen molar-refractivity contribution in [3.05, 3.63) is 75.9 Å². The zero-order valence-corrected chi connectivity index (χ0v) is 18.7. The number of ketones is 1. The van der Waals surface area contributed by atoms with Crippen molar-refractivity contribution in [3.63, 3.8) is 0 Å². The van der Waals surface area contributed by atoms with E-state index in [0.29, 0.717) is 17.0 Å². The molecular weight excluding hydrogens is 410 g/mol. The fourth-order valence-electron chi connectivity index (χ4n) is 3.50. The molecule has 3 N–H and O–H groups in total. The van der Waals surface area contributed by atoms with Gasteiger partial charge in [-0.3, -0.25) is 4.79 Å². The van der Waals surface area contributed by atoms with Crippen LogP contribution in [-0.2, 0) is 12.8 Å². The number of anilines is 1. The Bertz CT molecular complexity index is 1050. The van der Waals surface area contributed by atoms with Gasteiger partial charge in [-0.1, -0.05) is 54.9 Å². The molecule has 31 heavy (non-hydrogen) atoms. The number of benzene rings is 2. The van der Waals surface area contributed by atoms with Gasteiger partial charge in [0.15, 0.2) is 5.78 Å². The predicted molar refractivity (Wildman–Crippen MR) is 125 cm³/mol. The molecule has 3 aromatic rings. The molecule has 1 atom stereocenters. The van der Waals surface area contributed by atoms with E-state index in [4.69, 9.17) is 22.4 Å². The van der Waals surface area contributed by atoms with Crippen LogP contribution in [0, 0.1) is 12.8 Å². The van der Waals surface area contributed by atoms with Crippen LogP contribution in [0.1, 0.15) is 46.9 Å². The molecule has 0 aliphatic rings. The van der Waals surface area contributed by atoms with Crippen LogP contribution in [0.5, 0.6) is 0 Å². The summed E-state index contributed by atoms with van der Waals surface area (Å²) in [5, 5.41) is 9.81. The number of aliphatic hydroxyl groups is 1. The molecule has 3 rings (SSSR count). The van der Waals surface area contributed by atoms with Crippen LogP contribution in [0.15, 0.2) is 48.5 Å². The lowest BCUT2D eigenvalue weighted by molar-refractivity contribution is 0.0943. The number of halogens is 1. The maximum absolute atomic E-state index is 12.2. The van der Waals surface area contributed by atoms with E-state index < -0.39 is 0 Å². The summed E-state index contributed by atoms with van der Waals surface area (Å²) in [5.41, 5.74) is 11.4. The van der Waals surface area contributed by atoms with E-state index in [0.717, 1.165) is 41.8 Å². The van der Waals surface area contributed by atoms with Gasteiger partial charge in [-0.2, -0.15) is 0 Å². The van der Waals surface area contributed by atoms with Crippen molar-refractivity contribution in [1.82, 2.24) is 9.97 Å². The van der Waals surface area contributed by atoms with Gasteiger partial charge >= 0.3 is 0 Å². The van der Waals surface area contributed by atoms with E-state index in [1.165, 1.54) is 5.56 Å². The van der Waals surface area contributed by atoms with Crippen molar-refractivity contribution in [2.75, 3.05) is 12.3 Å². The van der Waals surface area contributed by atoms with Gasteiger partial charge in [0.25, 0.3) is 0 Å². The number of nitrogen functional groups attached to an aromatic ring is 1. The van der Waals surface area contributed by atoms with Gasteiger partial charge in [0.2, 0.25) is 5.95 Å². The third-order valence-electron chi connectivity index (χ3n) is 5.36. The van der Waals surface area contributed by atoms with E-state index in [-0.39, 0.29) is 24.3 Å². The summed E-state index contributed by atoms with van der Waals surface area (Å²) < 4.78 is 0. The molecule has 0 saturated heterocycles. The Morgan fingerprint density at radius 1 is 1.13 bits per heavy atom. The first kappa shape index (κ1) is 22.9. The van der Waals surface area contributed by atoms with Crippen LogP contribution < -0.4 is 5.73 Å². The first-order valence-corrected chi connectivity index (χ1v) is 10.9. The molecule has 2 aromatic carbocycles. The summed E-state index contributed by atoms with van der Waals surface area (Å²) in [6.07, 6.45) is 2.91. The molecule has 1 aromatic heterocycles. The summed E-state index contributed by atoms with van der Waals surface area (Å²) in [6.45, 7) is 3.86. The smallest absolute Gasteiger partial charge is 0.220 e. The molecule has 0 radical (unpaired) electrons. The summed E-state index contributed by atoms with van der Waals surface area (Å²) in [5.74, 6) is 0.299. The molecule has 162 valence electrons. The molecule has 0 amide bonds. The van der Waals surface area contributed by atoms with Gasteiger partial charge in [-0.05, 0) is 55.4 Å². The number of hydrogen-bond acceptors (Lipinski definition) is 5. The highest BCUT2D eigenvalue weighted by atomic mass is 35.5. The topological polar surface area (TPSA) is 89.1 Å². The molecule has 1 heterocycles. The number of aliphatic hydroxyl groups excluding tert-OH is 1. The summed E-state index contributed by atoms with van der Waals surface area (Å²) in [6, 6.07) is 15.4. The van der Waals surface area contributed by atoms with Crippen molar-refractivity contribution < 1.29 is 9.90 Å². The van der Waals surface area contributed by atoms with Crippen LogP contribution in [0.4, 0.5) is 5.95 Å². The maximum Gasteiger partial charge on any atom is 0.220 e. The van der Waals surface area contributed by atoms with Crippen molar-refractivity contribution in [2.45, 2.75) is 39.5 Å². The Labute approximate surface area is 188 Å². The Hall–Kier alpha value is -2.76. The van der Waals surface area contributed by atoms with Gasteiger partial charge in [0, 0.05) is 34.9 Å². The van der Waals surface area contributed by atoms with E-state index in [9.17, 15) is 4.79 Å². The van der Waals surface area contributed by atoms with Gasteiger partial charge < -0.3 is 10.8 Å². The maximum atomic E-state index is 12.2. The second kappa shape index (κ2) is 10.5. The Balaban J connectivity index is 1.62. The van der Waals surface area contributed by atoms with Crippen molar-refractivity contribution in [2.24, 2.45) is 5.92 Å². The number of carbonyl (C=O) groups excluding carboxylic acids is 1. The zero-order valence-electron chi connectivity index (χ0n) is 17.9. The van der Waals surface area contributed by atoms with Crippen molar-refractivity contribution >= 4 is 23.3 Å². The number of aromatic nitrogens is 2. The third-order valence-corrected chi connectivity index (χ3v) is 5.77. The predicted octanol–water partition coefficient (Wildman–Crippen LogP) is 5.06. The van der Waals surface area contributed by atoms with Gasteiger partial charge in [-0.15, -0.1) is 0 Å². The number of hydrogen-bond donors (Lipinski definition) is 2. The van der Waals surface area contributed by atoms with Crippen LogP contribution in [-0.4, -0.2) is 27.5 Å². The molecule has 1 unspecified atom stereocenters. The highest BCUT2D eigenvalue weighted by molar-refractivity contribution is 6.31. The van der Waals surface area contributed by atoms with Crippen molar-refractivity contribution in [1.29, 1.82) is 0 Å². The minimum Gasteiger partial charge on any atom is -0.396 e. The van der Waals surface area contributed by atoms with Crippen LogP contribution in [0.3, 0.4) is 0 Å². The Morgan fingerprint density at radius 3 is 2.58 bits per heavy atom. The summed E-state index contributed by atoms with van der Waals surface area (Å²) >= 11 is 6.25. The normalized spacial score (nSPS) is 12.0. The van der Waals surface area contributed by atoms with Gasteiger partial charge in [0.1, 0.15) is 0 Å². The summed E-state index contributed by atoms with van der Waals surface area (Å²) in [4.78, 5) is 21.0. The number of carbonyl (C=O) groups is 1. The monoisotopic (exact) mass is 437 g/mol. The third kappa shape index (κ3) is 6.12. The SMILES string of the molecule is Cc1c(Cl)cccc1-c1cc(CCCc2ccc(C(=O)CC(C)CO)cc2)nc(N)n1. The molecular formula is C25H28ClN3O2. The van der Waals surface area contributed by atoms with E-state index in [2.05, 4.69) is 9.97 Å². The lowest BCUT2D eigenvalue weighted by atomic mass is 9.98. The molecule has 0 saturated carbocycles. The van der Waals surface area contributed by atoms with E-state index in [1.807, 2.05) is 62.4 Å². The number of nitrogens with zero attached hydrogens (tertiary/aromatic N) is 2. The number of rotatable bonds is 9. The van der Waals surface area contributed by atoms with Crippen LogP contribution >= 0.6 is 11.6 Å². The number of nitrogens with two attached hydrogens (primary N) is 1. The highest BCUT2D eigenvalue weighted by Crippen LogP contribution is 2.28. The standard InChI is InChI=1S/C25H28ClN3O2/c1-16(15-30)13-24(31)19-11-9-18(10-12-19)5-3-6-20-14-23(29-25(27)28-20)21-7-4-8-22(26)17(21)2/h4,7-12,14,16,30H,3,5-6,13,15H2,1-2H3,(H2,27,28,29). The van der Waals surface area contributed by atoms with Crippen LogP contribution in [0.2, 0.25) is 5.02 Å². The average Bonchev–Trinajstić information content (AvgIpc) is 2.75. The number of aryl methyl sites for hydroxylation is 2. The molecule has 5 nitrogen and oxygen atoms in total. The zero-order chi connectivity index (χ0) is 22.4. The highest BCUT2D eigenvalue weighted by Gasteiger charge is 2.11.